The lowest BCUT2D eigenvalue weighted by molar-refractivity contribution is 0.0763. The molecule has 4 aromatic rings. The number of benzene rings is 3. The highest BCUT2D eigenvalue weighted by Gasteiger charge is 2.29. The Kier molecular flexibility index (Phi) is 4.48. The Labute approximate surface area is 169 Å². The van der Waals surface area contributed by atoms with Crippen LogP contribution in [0, 0.1) is 0 Å². The predicted molar refractivity (Wildman–Crippen MR) is 113 cm³/mol. The van der Waals surface area contributed by atoms with Crippen molar-refractivity contribution in [3.63, 3.8) is 0 Å². The third-order valence-electron chi connectivity index (χ3n) is 5.36. The molecule has 0 spiro atoms. The standard InChI is InChI=1S/C24H21N3O2/c1-27-22-10-6-5-9-21(22)26-23(27)16-28-19-13-11-17(12-14-19)20-15-25-29-24(20)18-7-3-2-4-8-18/h2-15,20,24H,16H2,1H3. The minimum Gasteiger partial charge on any atom is -0.486 e. The molecule has 2 atom stereocenters. The van der Waals surface area contributed by atoms with Crippen LogP contribution in [0.3, 0.4) is 0 Å². The van der Waals surface area contributed by atoms with Crippen LogP contribution in [0.2, 0.25) is 0 Å². The fourth-order valence-electron chi connectivity index (χ4n) is 3.74. The van der Waals surface area contributed by atoms with Gasteiger partial charge in [0.1, 0.15) is 18.2 Å². The van der Waals surface area contributed by atoms with Gasteiger partial charge in [-0.2, -0.15) is 0 Å². The zero-order valence-electron chi connectivity index (χ0n) is 16.1. The number of fused-ring (bicyclic) bond motifs is 1. The minimum atomic E-state index is -0.0945. The summed E-state index contributed by atoms with van der Waals surface area (Å²) in [5.74, 6) is 1.80. The van der Waals surface area contributed by atoms with Gasteiger partial charge in [-0.25, -0.2) is 4.98 Å². The van der Waals surface area contributed by atoms with Crippen molar-refractivity contribution in [2.24, 2.45) is 12.2 Å². The van der Waals surface area contributed by atoms with Gasteiger partial charge < -0.3 is 14.1 Å². The molecule has 29 heavy (non-hydrogen) atoms. The molecule has 0 radical (unpaired) electrons. The van der Waals surface area contributed by atoms with Crippen molar-refractivity contribution < 1.29 is 9.57 Å². The summed E-state index contributed by atoms with van der Waals surface area (Å²) in [6, 6.07) is 26.4. The fraction of sp³-hybridized carbons (Fsp3) is 0.167. The van der Waals surface area contributed by atoms with E-state index in [2.05, 4.69) is 45.0 Å². The number of ether oxygens (including phenoxy) is 1. The van der Waals surface area contributed by atoms with E-state index in [1.165, 1.54) is 0 Å². The number of aryl methyl sites for hydroxylation is 1. The van der Waals surface area contributed by atoms with Crippen LogP contribution in [0.4, 0.5) is 0 Å². The first-order chi connectivity index (χ1) is 14.3. The van der Waals surface area contributed by atoms with Gasteiger partial charge in [0, 0.05) is 7.05 Å². The molecule has 0 fully saturated rings. The summed E-state index contributed by atoms with van der Waals surface area (Å²) in [4.78, 5) is 10.3. The van der Waals surface area contributed by atoms with Crippen LogP contribution < -0.4 is 4.74 Å². The first-order valence-electron chi connectivity index (χ1n) is 9.67. The number of hydrogen-bond donors (Lipinski definition) is 0. The summed E-state index contributed by atoms with van der Waals surface area (Å²) in [5, 5.41) is 4.06. The molecule has 0 saturated carbocycles. The van der Waals surface area contributed by atoms with Gasteiger partial charge in [0.2, 0.25) is 0 Å². The third-order valence-corrected chi connectivity index (χ3v) is 5.36. The number of rotatable bonds is 5. The molecule has 144 valence electrons. The average Bonchev–Trinajstić information content (AvgIpc) is 3.39. The summed E-state index contributed by atoms with van der Waals surface area (Å²) < 4.78 is 8.05. The average molecular weight is 383 g/mol. The molecule has 1 aliphatic heterocycles. The second kappa shape index (κ2) is 7.43. The van der Waals surface area contributed by atoms with E-state index in [-0.39, 0.29) is 12.0 Å². The van der Waals surface area contributed by atoms with Crippen LogP contribution in [0.15, 0.2) is 84.0 Å². The SMILES string of the molecule is Cn1c(COc2ccc(C3C=NOC3c3ccccc3)cc2)nc2ccccc21. The molecule has 0 bridgehead atoms. The highest BCUT2D eigenvalue weighted by molar-refractivity contribution is 5.75. The summed E-state index contributed by atoms with van der Waals surface area (Å²) >= 11 is 0. The molecule has 5 heteroatoms. The maximum absolute atomic E-state index is 5.98. The zero-order chi connectivity index (χ0) is 19.6. The smallest absolute Gasteiger partial charge is 0.164 e. The molecule has 5 rings (SSSR count). The molecule has 3 aromatic carbocycles. The van der Waals surface area contributed by atoms with Crippen LogP contribution >= 0.6 is 0 Å². The van der Waals surface area contributed by atoms with E-state index in [1.54, 1.807) is 0 Å². The molecular weight excluding hydrogens is 362 g/mol. The lowest BCUT2D eigenvalue weighted by atomic mass is 9.90. The van der Waals surface area contributed by atoms with Crippen LogP contribution in [0.5, 0.6) is 5.75 Å². The van der Waals surface area contributed by atoms with E-state index >= 15 is 0 Å². The monoisotopic (exact) mass is 383 g/mol. The lowest BCUT2D eigenvalue weighted by Crippen LogP contribution is -2.09. The van der Waals surface area contributed by atoms with Gasteiger partial charge in [-0.15, -0.1) is 0 Å². The first-order valence-corrected chi connectivity index (χ1v) is 9.67. The van der Waals surface area contributed by atoms with Crippen molar-refractivity contribution in [1.82, 2.24) is 9.55 Å². The zero-order valence-corrected chi connectivity index (χ0v) is 16.1. The Morgan fingerprint density at radius 2 is 1.66 bits per heavy atom. The number of oxime groups is 1. The van der Waals surface area contributed by atoms with Crippen LogP contribution in [0.1, 0.15) is 29.0 Å². The molecule has 0 amide bonds. The highest BCUT2D eigenvalue weighted by Crippen LogP contribution is 2.37. The number of aromatic nitrogens is 2. The van der Waals surface area contributed by atoms with Gasteiger partial charge in [-0.3, -0.25) is 0 Å². The van der Waals surface area contributed by atoms with E-state index in [0.29, 0.717) is 6.61 Å². The maximum atomic E-state index is 5.98. The van der Waals surface area contributed by atoms with Gasteiger partial charge in [-0.1, -0.05) is 59.8 Å². The topological polar surface area (TPSA) is 48.6 Å². The molecular formula is C24H21N3O2. The molecule has 2 unspecified atom stereocenters. The van der Waals surface area contributed by atoms with Gasteiger partial charge in [-0.05, 0) is 35.4 Å². The predicted octanol–water partition coefficient (Wildman–Crippen LogP) is 4.99. The van der Waals surface area contributed by atoms with E-state index < -0.39 is 0 Å². The summed E-state index contributed by atoms with van der Waals surface area (Å²) in [7, 11) is 2.01. The third kappa shape index (κ3) is 3.36. The Bertz CT molecular complexity index is 1150. The molecule has 5 nitrogen and oxygen atoms in total. The number of para-hydroxylation sites is 2. The van der Waals surface area contributed by atoms with Crippen molar-refractivity contribution in [2.75, 3.05) is 0 Å². The molecule has 2 heterocycles. The molecule has 1 aromatic heterocycles. The van der Waals surface area contributed by atoms with Gasteiger partial charge in [0.15, 0.2) is 6.10 Å². The summed E-state index contributed by atoms with van der Waals surface area (Å²) in [5.41, 5.74) is 4.36. The quantitative estimate of drug-likeness (QED) is 0.488. The van der Waals surface area contributed by atoms with Gasteiger partial charge >= 0.3 is 0 Å². The molecule has 0 N–H and O–H groups in total. The van der Waals surface area contributed by atoms with E-state index in [9.17, 15) is 0 Å². The Morgan fingerprint density at radius 3 is 2.45 bits per heavy atom. The second-order valence-corrected chi connectivity index (χ2v) is 7.15. The summed E-state index contributed by atoms with van der Waals surface area (Å²) in [6.45, 7) is 0.422. The Balaban J connectivity index is 1.30. The number of nitrogens with zero attached hydrogens (tertiary/aromatic N) is 3. The van der Waals surface area contributed by atoms with E-state index in [1.807, 2.05) is 61.8 Å². The van der Waals surface area contributed by atoms with E-state index in [4.69, 9.17) is 9.57 Å². The van der Waals surface area contributed by atoms with Crippen LogP contribution in [0.25, 0.3) is 11.0 Å². The van der Waals surface area contributed by atoms with Gasteiger partial charge in [0.25, 0.3) is 0 Å². The van der Waals surface area contributed by atoms with Crippen LogP contribution in [-0.2, 0) is 18.5 Å². The maximum Gasteiger partial charge on any atom is 0.164 e. The Morgan fingerprint density at radius 1 is 0.897 bits per heavy atom. The van der Waals surface area contributed by atoms with Gasteiger partial charge in [0.05, 0.1) is 23.2 Å². The van der Waals surface area contributed by atoms with Crippen molar-refractivity contribution in [1.29, 1.82) is 0 Å². The highest BCUT2D eigenvalue weighted by atomic mass is 16.6. The largest absolute Gasteiger partial charge is 0.486 e. The van der Waals surface area contributed by atoms with Crippen molar-refractivity contribution in [3.05, 3.63) is 95.8 Å². The van der Waals surface area contributed by atoms with Crippen molar-refractivity contribution >= 4 is 17.2 Å². The molecule has 0 aliphatic carbocycles. The fourth-order valence-corrected chi connectivity index (χ4v) is 3.74. The first kappa shape index (κ1) is 17.5. The molecule has 1 aliphatic rings. The lowest BCUT2D eigenvalue weighted by Gasteiger charge is -2.17. The number of hydrogen-bond acceptors (Lipinski definition) is 4. The second-order valence-electron chi connectivity index (χ2n) is 7.15. The molecule has 0 saturated heterocycles. The minimum absolute atomic E-state index is 0.0892. The number of imidazole rings is 1. The van der Waals surface area contributed by atoms with Crippen LogP contribution in [-0.4, -0.2) is 15.8 Å². The Hall–Kier alpha value is -3.60. The summed E-state index contributed by atoms with van der Waals surface area (Å²) in [6.07, 6.45) is 1.77. The normalized spacial score (nSPS) is 18.1. The van der Waals surface area contributed by atoms with Crippen molar-refractivity contribution in [3.8, 4) is 5.75 Å². The van der Waals surface area contributed by atoms with E-state index in [0.717, 1.165) is 33.7 Å². The van der Waals surface area contributed by atoms with Crippen molar-refractivity contribution in [2.45, 2.75) is 18.6 Å².